The highest BCUT2D eigenvalue weighted by Gasteiger charge is 2.08. The maximum absolute atomic E-state index is 13.4. The third-order valence-electron chi connectivity index (χ3n) is 4.08. The van der Waals surface area contributed by atoms with Crippen LogP contribution in [0.15, 0.2) is 48.7 Å². The van der Waals surface area contributed by atoms with Gasteiger partial charge in [-0.15, -0.1) is 0 Å². The fraction of sp³-hybridized carbons (Fsp3) is 0.250. The van der Waals surface area contributed by atoms with Gasteiger partial charge in [0.25, 0.3) is 0 Å². The van der Waals surface area contributed by atoms with Crippen molar-refractivity contribution >= 4 is 17.2 Å². The number of nitrogens with zero attached hydrogens (tertiary/aromatic N) is 1. The van der Waals surface area contributed by atoms with Crippen LogP contribution in [0.5, 0.6) is 5.75 Å². The fourth-order valence-corrected chi connectivity index (χ4v) is 2.78. The molecule has 0 atom stereocenters. The van der Waals surface area contributed by atoms with Crippen molar-refractivity contribution in [2.75, 3.05) is 6.61 Å². The van der Waals surface area contributed by atoms with Crippen molar-refractivity contribution in [2.24, 2.45) is 0 Å². The van der Waals surface area contributed by atoms with E-state index in [2.05, 4.69) is 0 Å². The Morgan fingerprint density at radius 3 is 2.67 bits per heavy atom. The summed E-state index contributed by atoms with van der Waals surface area (Å²) in [7, 11) is 0. The summed E-state index contributed by atoms with van der Waals surface area (Å²) in [4.78, 5) is 11.1. The number of halogens is 1. The van der Waals surface area contributed by atoms with Crippen molar-refractivity contribution in [3.8, 4) is 5.75 Å². The molecule has 0 bridgehead atoms. The molecule has 0 aliphatic carbocycles. The number of carbonyl (C=O) groups is 1. The second-order valence-electron chi connectivity index (χ2n) is 5.93. The van der Waals surface area contributed by atoms with Gasteiger partial charge >= 0.3 is 0 Å². The summed E-state index contributed by atoms with van der Waals surface area (Å²) in [5.74, 6) is 0.556. The van der Waals surface area contributed by atoms with Crippen LogP contribution in [0.3, 0.4) is 0 Å². The Kier molecular flexibility index (Phi) is 4.94. The van der Waals surface area contributed by atoms with Gasteiger partial charge in [0.2, 0.25) is 0 Å². The Morgan fingerprint density at radius 2 is 1.92 bits per heavy atom. The monoisotopic (exact) mass is 325 g/mol. The maximum Gasteiger partial charge on any atom is 0.152 e. The van der Waals surface area contributed by atoms with Gasteiger partial charge in [0.1, 0.15) is 11.6 Å². The molecule has 0 N–H and O–H groups in total. The lowest BCUT2D eigenvalue weighted by Gasteiger charge is -2.08. The number of aromatic nitrogens is 1. The summed E-state index contributed by atoms with van der Waals surface area (Å²) in [6.45, 7) is 3.47. The number of benzene rings is 2. The van der Waals surface area contributed by atoms with Crippen LogP contribution in [-0.2, 0) is 6.54 Å². The zero-order valence-electron chi connectivity index (χ0n) is 13.7. The number of fused-ring (bicyclic) bond motifs is 1. The van der Waals surface area contributed by atoms with Crippen molar-refractivity contribution in [3.05, 3.63) is 65.6 Å². The van der Waals surface area contributed by atoms with Gasteiger partial charge in [-0.1, -0.05) is 17.7 Å². The van der Waals surface area contributed by atoms with Crippen LogP contribution in [0.2, 0.25) is 0 Å². The summed E-state index contributed by atoms with van der Waals surface area (Å²) < 4.78 is 21.1. The van der Waals surface area contributed by atoms with Gasteiger partial charge in [-0.25, -0.2) is 4.39 Å². The van der Waals surface area contributed by atoms with E-state index in [1.807, 2.05) is 35.8 Å². The van der Waals surface area contributed by atoms with E-state index in [0.29, 0.717) is 17.6 Å². The third kappa shape index (κ3) is 3.65. The number of carbonyl (C=O) groups excluding carboxylic acids is 1. The van der Waals surface area contributed by atoms with Gasteiger partial charge in [0, 0.05) is 29.2 Å². The molecule has 3 aromatic rings. The van der Waals surface area contributed by atoms with Gasteiger partial charge < -0.3 is 9.30 Å². The summed E-state index contributed by atoms with van der Waals surface area (Å²) >= 11 is 0. The molecule has 0 radical (unpaired) electrons. The molecular weight excluding hydrogens is 305 g/mol. The molecule has 4 heteroatoms. The van der Waals surface area contributed by atoms with Gasteiger partial charge in [0.15, 0.2) is 6.29 Å². The van der Waals surface area contributed by atoms with Crippen LogP contribution in [-0.4, -0.2) is 17.5 Å². The van der Waals surface area contributed by atoms with E-state index in [1.54, 1.807) is 12.3 Å². The van der Waals surface area contributed by atoms with E-state index in [0.717, 1.165) is 36.9 Å². The minimum atomic E-state index is -0.324. The Hall–Kier alpha value is -2.62. The minimum absolute atomic E-state index is 0.324. The normalized spacial score (nSPS) is 10.9. The molecule has 0 amide bonds. The summed E-state index contributed by atoms with van der Waals surface area (Å²) in [6, 6.07) is 12.6. The molecule has 24 heavy (non-hydrogen) atoms. The molecule has 0 fully saturated rings. The molecule has 0 unspecified atom stereocenters. The number of aryl methyl sites for hydroxylation is 2. The molecular formula is C20H20FNO2. The quantitative estimate of drug-likeness (QED) is 0.463. The zero-order valence-corrected chi connectivity index (χ0v) is 13.7. The van der Waals surface area contributed by atoms with Crippen molar-refractivity contribution in [1.29, 1.82) is 0 Å². The molecule has 2 aromatic carbocycles. The zero-order chi connectivity index (χ0) is 16.9. The van der Waals surface area contributed by atoms with Crippen LogP contribution in [0.4, 0.5) is 4.39 Å². The lowest BCUT2D eigenvalue weighted by Crippen LogP contribution is -2.01. The fourth-order valence-electron chi connectivity index (χ4n) is 2.78. The summed E-state index contributed by atoms with van der Waals surface area (Å²) in [5.41, 5.74) is 2.63. The SMILES string of the molecule is Cc1ccc(OCCCCn2cc(C=O)c3cc(F)ccc32)cc1. The number of aldehydes is 1. The first-order valence-corrected chi connectivity index (χ1v) is 8.10. The Labute approximate surface area is 140 Å². The van der Waals surface area contributed by atoms with Crippen LogP contribution < -0.4 is 4.74 Å². The van der Waals surface area contributed by atoms with Crippen molar-refractivity contribution in [2.45, 2.75) is 26.3 Å². The lowest BCUT2D eigenvalue weighted by atomic mass is 10.2. The predicted octanol–water partition coefficient (Wildman–Crippen LogP) is 4.76. The lowest BCUT2D eigenvalue weighted by molar-refractivity contribution is 0.112. The van der Waals surface area contributed by atoms with E-state index in [4.69, 9.17) is 4.74 Å². The van der Waals surface area contributed by atoms with E-state index in [1.165, 1.54) is 17.7 Å². The number of ether oxygens (including phenoxy) is 1. The Bertz CT molecular complexity index is 837. The van der Waals surface area contributed by atoms with E-state index in [-0.39, 0.29) is 5.82 Å². The smallest absolute Gasteiger partial charge is 0.152 e. The molecule has 3 nitrogen and oxygen atoms in total. The van der Waals surface area contributed by atoms with E-state index < -0.39 is 0 Å². The van der Waals surface area contributed by atoms with Crippen LogP contribution >= 0.6 is 0 Å². The Balaban J connectivity index is 1.56. The third-order valence-corrected chi connectivity index (χ3v) is 4.08. The largest absolute Gasteiger partial charge is 0.494 e. The molecule has 0 spiro atoms. The van der Waals surface area contributed by atoms with E-state index in [9.17, 15) is 9.18 Å². The Morgan fingerprint density at radius 1 is 1.12 bits per heavy atom. The van der Waals surface area contributed by atoms with Gasteiger partial charge in [-0.3, -0.25) is 4.79 Å². The van der Waals surface area contributed by atoms with Gasteiger partial charge in [-0.2, -0.15) is 0 Å². The molecule has 0 saturated carbocycles. The molecule has 0 saturated heterocycles. The maximum atomic E-state index is 13.4. The highest BCUT2D eigenvalue weighted by molar-refractivity contribution is 5.97. The first-order valence-electron chi connectivity index (χ1n) is 8.10. The highest BCUT2D eigenvalue weighted by atomic mass is 19.1. The van der Waals surface area contributed by atoms with Gasteiger partial charge in [0.05, 0.1) is 6.61 Å². The van der Waals surface area contributed by atoms with E-state index >= 15 is 0 Å². The first kappa shape index (κ1) is 16.2. The molecule has 3 rings (SSSR count). The number of hydrogen-bond acceptors (Lipinski definition) is 2. The number of rotatable bonds is 7. The summed E-state index contributed by atoms with van der Waals surface area (Å²) in [6.07, 6.45) is 4.40. The van der Waals surface area contributed by atoms with Crippen LogP contribution in [0.1, 0.15) is 28.8 Å². The highest BCUT2D eigenvalue weighted by Crippen LogP contribution is 2.22. The standard InChI is InChI=1S/C20H20FNO2/c1-15-4-7-18(8-5-15)24-11-3-2-10-22-13-16(14-23)19-12-17(21)6-9-20(19)22/h4-9,12-14H,2-3,10-11H2,1H3. The minimum Gasteiger partial charge on any atom is -0.494 e. The first-order chi connectivity index (χ1) is 11.7. The predicted molar refractivity (Wildman–Crippen MR) is 93.2 cm³/mol. The van der Waals surface area contributed by atoms with Crippen molar-refractivity contribution in [3.63, 3.8) is 0 Å². The average molecular weight is 325 g/mol. The topological polar surface area (TPSA) is 31.2 Å². The van der Waals surface area contributed by atoms with Crippen molar-refractivity contribution in [1.82, 2.24) is 4.57 Å². The van der Waals surface area contributed by atoms with Crippen LogP contribution in [0.25, 0.3) is 10.9 Å². The number of hydrogen-bond donors (Lipinski definition) is 0. The second-order valence-corrected chi connectivity index (χ2v) is 5.93. The molecule has 1 heterocycles. The van der Waals surface area contributed by atoms with Gasteiger partial charge in [-0.05, 0) is 50.1 Å². The average Bonchev–Trinajstić information content (AvgIpc) is 2.93. The number of unbranched alkanes of at least 4 members (excludes halogenated alkanes) is 1. The molecule has 0 aliphatic heterocycles. The van der Waals surface area contributed by atoms with Crippen molar-refractivity contribution < 1.29 is 13.9 Å². The molecule has 124 valence electrons. The second kappa shape index (κ2) is 7.30. The molecule has 0 aliphatic rings. The molecule has 1 aromatic heterocycles. The summed E-state index contributed by atoms with van der Waals surface area (Å²) in [5, 5.41) is 0.668. The van der Waals surface area contributed by atoms with Crippen LogP contribution in [0, 0.1) is 12.7 Å².